The maximum absolute atomic E-state index is 12.6. The van der Waals surface area contributed by atoms with Gasteiger partial charge in [0, 0.05) is 30.5 Å². The van der Waals surface area contributed by atoms with E-state index in [2.05, 4.69) is 27.0 Å². The highest BCUT2D eigenvalue weighted by Gasteiger charge is 2.31. The predicted octanol–water partition coefficient (Wildman–Crippen LogP) is 3.72. The first-order valence-corrected chi connectivity index (χ1v) is 10.6. The monoisotopic (exact) mass is 429 g/mol. The summed E-state index contributed by atoms with van der Waals surface area (Å²) in [6, 6.07) is 9.63. The van der Waals surface area contributed by atoms with Gasteiger partial charge in [-0.25, -0.2) is 13.1 Å². The third-order valence-electron chi connectivity index (χ3n) is 4.38. The van der Waals surface area contributed by atoms with Crippen LogP contribution < -0.4 is 20.1 Å². The summed E-state index contributed by atoms with van der Waals surface area (Å²) in [7, 11) is -3.88. The van der Waals surface area contributed by atoms with Crippen LogP contribution in [0.2, 0.25) is 0 Å². The molecule has 1 aliphatic heterocycles. The molecule has 1 atom stereocenters. The van der Waals surface area contributed by atoms with Gasteiger partial charge in [0.1, 0.15) is 5.75 Å². The first-order chi connectivity index (χ1) is 13.7. The second kappa shape index (κ2) is 8.50. The number of alkyl halides is 3. The molecule has 0 amide bonds. The molecule has 1 aliphatic rings. The molecule has 3 N–H and O–H groups in total. The summed E-state index contributed by atoms with van der Waals surface area (Å²) in [4.78, 5) is -0.128. The Balaban J connectivity index is 1.65. The van der Waals surface area contributed by atoms with Crippen LogP contribution in [-0.2, 0) is 16.4 Å². The zero-order valence-corrected chi connectivity index (χ0v) is 16.5. The van der Waals surface area contributed by atoms with Crippen molar-refractivity contribution >= 4 is 21.4 Å². The lowest BCUT2D eigenvalue weighted by molar-refractivity contribution is -0.274. The predicted molar refractivity (Wildman–Crippen MR) is 105 cm³/mol. The van der Waals surface area contributed by atoms with Crippen molar-refractivity contribution < 1.29 is 26.3 Å². The van der Waals surface area contributed by atoms with Gasteiger partial charge in [0.15, 0.2) is 0 Å². The van der Waals surface area contributed by atoms with Gasteiger partial charge in [0.2, 0.25) is 10.0 Å². The molecule has 0 aliphatic carbocycles. The summed E-state index contributed by atoms with van der Waals surface area (Å²) in [6.07, 6.45) is -3.31. The summed E-state index contributed by atoms with van der Waals surface area (Å²) in [5.74, 6) is -0.475. The molecule has 10 heteroatoms. The minimum Gasteiger partial charge on any atom is -0.406 e. The maximum atomic E-state index is 12.6. The van der Waals surface area contributed by atoms with Gasteiger partial charge in [-0.1, -0.05) is 13.0 Å². The summed E-state index contributed by atoms with van der Waals surface area (Å²) in [5.41, 5.74) is 2.94. The van der Waals surface area contributed by atoms with Gasteiger partial charge in [-0.05, 0) is 54.8 Å². The third kappa shape index (κ3) is 5.77. The fourth-order valence-electron chi connectivity index (χ4n) is 3.06. The molecule has 158 valence electrons. The van der Waals surface area contributed by atoms with Crippen LogP contribution in [0.25, 0.3) is 0 Å². The highest BCUT2D eigenvalue weighted by molar-refractivity contribution is 7.89. The number of anilines is 2. The fourth-order valence-corrected chi connectivity index (χ4v) is 4.30. The molecule has 1 heterocycles. The molecular formula is C19H22F3N3O3S. The van der Waals surface area contributed by atoms with Crippen molar-refractivity contribution in [3.05, 3.63) is 48.0 Å². The zero-order chi connectivity index (χ0) is 21.1. The SMILES string of the molecule is CCCNc1ccc2c(c1)NCC(NS(=O)(=O)c1ccc(OC(F)(F)F)cc1)C2. The molecule has 0 radical (unpaired) electrons. The smallest absolute Gasteiger partial charge is 0.406 e. The zero-order valence-electron chi connectivity index (χ0n) is 15.7. The minimum absolute atomic E-state index is 0.128. The lowest BCUT2D eigenvalue weighted by Gasteiger charge is -2.27. The lowest BCUT2D eigenvalue weighted by Crippen LogP contribution is -2.43. The van der Waals surface area contributed by atoms with Crippen molar-refractivity contribution in [1.82, 2.24) is 4.72 Å². The van der Waals surface area contributed by atoms with Crippen molar-refractivity contribution in [2.45, 2.75) is 37.1 Å². The van der Waals surface area contributed by atoms with Crippen LogP contribution in [0.15, 0.2) is 47.4 Å². The van der Waals surface area contributed by atoms with E-state index in [-0.39, 0.29) is 10.9 Å². The number of sulfonamides is 1. The van der Waals surface area contributed by atoms with E-state index in [0.717, 1.165) is 54.2 Å². The molecule has 29 heavy (non-hydrogen) atoms. The van der Waals surface area contributed by atoms with Crippen LogP contribution in [0.4, 0.5) is 24.5 Å². The molecular weight excluding hydrogens is 407 g/mol. The Hall–Kier alpha value is -2.46. The fraction of sp³-hybridized carbons (Fsp3) is 0.368. The van der Waals surface area contributed by atoms with E-state index < -0.39 is 22.1 Å². The van der Waals surface area contributed by atoms with Crippen LogP contribution in [0.5, 0.6) is 5.75 Å². The number of halogens is 3. The van der Waals surface area contributed by atoms with Gasteiger partial charge in [0.05, 0.1) is 4.90 Å². The molecule has 0 saturated heterocycles. The Bertz CT molecular complexity index is 947. The Morgan fingerprint density at radius 1 is 1.17 bits per heavy atom. The van der Waals surface area contributed by atoms with E-state index in [9.17, 15) is 21.6 Å². The molecule has 1 unspecified atom stereocenters. The van der Waals surface area contributed by atoms with Gasteiger partial charge in [-0.3, -0.25) is 0 Å². The van der Waals surface area contributed by atoms with Crippen molar-refractivity contribution in [3.63, 3.8) is 0 Å². The normalized spacial score (nSPS) is 16.6. The first kappa shape index (κ1) is 21.3. The van der Waals surface area contributed by atoms with Gasteiger partial charge in [-0.2, -0.15) is 0 Å². The van der Waals surface area contributed by atoms with E-state index in [1.807, 2.05) is 18.2 Å². The standard InChI is InChI=1S/C19H22F3N3O3S/c1-2-9-23-14-4-3-13-10-15(12-24-18(13)11-14)25-29(26,27)17-7-5-16(6-8-17)28-19(20,21)22/h3-8,11,15,23-25H,2,9-10,12H2,1H3. The van der Waals surface area contributed by atoms with Crippen LogP contribution >= 0.6 is 0 Å². The van der Waals surface area contributed by atoms with Crippen molar-refractivity contribution in [1.29, 1.82) is 0 Å². The second-order valence-corrected chi connectivity index (χ2v) is 8.44. The molecule has 2 aromatic carbocycles. The van der Waals surface area contributed by atoms with E-state index in [4.69, 9.17) is 0 Å². The number of hydrogen-bond acceptors (Lipinski definition) is 5. The van der Waals surface area contributed by atoms with Gasteiger partial charge in [0.25, 0.3) is 0 Å². The third-order valence-corrected chi connectivity index (χ3v) is 5.92. The summed E-state index contributed by atoms with van der Waals surface area (Å²) in [5, 5.41) is 6.53. The number of ether oxygens (including phenoxy) is 1. The summed E-state index contributed by atoms with van der Waals surface area (Å²) in [6.45, 7) is 3.35. The highest BCUT2D eigenvalue weighted by atomic mass is 32.2. The Morgan fingerprint density at radius 2 is 1.90 bits per heavy atom. The van der Waals surface area contributed by atoms with E-state index in [1.165, 1.54) is 0 Å². The number of benzene rings is 2. The number of hydrogen-bond donors (Lipinski definition) is 3. The number of nitrogens with one attached hydrogen (secondary N) is 3. The molecule has 6 nitrogen and oxygen atoms in total. The average Bonchev–Trinajstić information content (AvgIpc) is 2.65. The van der Waals surface area contributed by atoms with Crippen LogP contribution in [0, 0.1) is 0 Å². The van der Waals surface area contributed by atoms with Crippen molar-refractivity contribution in [3.8, 4) is 5.75 Å². The van der Waals surface area contributed by atoms with Gasteiger partial charge in [-0.15, -0.1) is 13.2 Å². The molecule has 2 aromatic rings. The largest absolute Gasteiger partial charge is 0.573 e. The molecule has 0 spiro atoms. The van der Waals surface area contributed by atoms with Gasteiger partial charge < -0.3 is 15.4 Å². The van der Waals surface area contributed by atoms with Crippen molar-refractivity contribution in [2.24, 2.45) is 0 Å². The minimum atomic E-state index is -4.83. The topological polar surface area (TPSA) is 79.5 Å². The Kier molecular flexibility index (Phi) is 6.23. The summed E-state index contributed by atoms with van der Waals surface area (Å²) >= 11 is 0. The highest BCUT2D eigenvalue weighted by Crippen LogP contribution is 2.27. The van der Waals surface area contributed by atoms with E-state index in [1.54, 1.807) is 0 Å². The summed E-state index contributed by atoms with van der Waals surface area (Å²) < 4.78 is 68.2. The van der Waals surface area contributed by atoms with E-state index >= 15 is 0 Å². The van der Waals surface area contributed by atoms with Crippen LogP contribution in [-0.4, -0.2) is 33.9 Å². The van der Waals surface area contributed by atoms with Crippen LogP contribution in [0.1, 0.15) is 18.9 Å². The average molecular weight is 429 g/mol. The Labute approximate surface area is 167 Å². The van der Waals surface area contributed by atoms with E-state index in [0.29, 0.717) is 13.0 Å². The van der Waals surface area contributed by atoms with Crippen LogP contribution in [0.3, 0.4) is 0 Å². The second-order valence-electron chi connectivity index (χ2n) is 6.72. The molecule has 0 saturated carbocycles. The van der Waals surface area contributed by atoms with Gasteiger partial charge >= 0.3 is 6.36 Å². The first-order valence-electron chi connectivity index (χ1n) is 9.15. The molecule has 3 rings (SSSR count). The molecule has 0 aromatic heterocycles. The van der Waals surface area contributed by atoms with Crippen molar-refractivity contribution in [2.75, 3.05) is 23.7 Å². The molecule has 0 bridgehead atoms. The number of fused-ring (bicyclic) bond motifs is 1. The number of rotatable bonds is 7. The molecule has 0 fully saturated rings. The quantitative estimate of drug-likeness (QED) is 0.625. The maximum Gasteiger partial charge on any atom is 0.573 e. The lowest BCUT2D eigenvalue weighted by atomic mass is 10.00. The Morgan fingerprint density at radius 3 is 2.55 bits per heavy atom.